The van der Waals surface area contributed by atoms with Crippen LogP contribution in [0.25, 0.3) is 0 Å². The molecule has 1 aromatic carbocycles. The van der Waals surface area contributed by atoms with Crippen LogP contribution < -0.4 is 11.1 Å². The van der Waals surface area contributed by atoms with Crippen molar-refractivity contribution in [3.05, 3.63) is 35.9 Å². The summed E-state index contributed by atoms with van der Waals surface area (Å²) in [4.78, 5) is 0. The molecule has 1 saturated carbocycles. The maximum atomic E-state index is 6.34. The lowest BCUT2D eigenvalue weighted by Gasteiger charge is -2.24. The van der Waals surface area contributed by atoms with E-state index in [0.717, 1.165) is 6.54 Å². The lowest BCUT2D eigenvalue weighted by molar-refractivity contribution is 0.378. The molecule has 0 spiro atoms. The van der Waals surface area contributed by atoms with Crippen molar-refractivity contribution in [3.8, 4) is 0 Å². The molecule has 106 valence electrons. The van der Waals surface area contributed by atoms with Crippen molar-refractivity contribution in [2.45, 2.75) is 57.5 Å². The summed E-state index contributed by atoms with van der Waals surface area (Å²) in [5.41, 5.74) is 7.59. The smallest absolute Gasteiger partial charge is 0.0333 e. The molecule has 2 nitrogen and oxygen atoms in total. The van der Waals surface area contributed by atoms with Crippen LogP contribution in [0.4, 0.5) is 0 Å². The van der Waals surface area contributed by atoms with E-state index in [1.165, 1.54) is 44.1 Å². The van der Waals surface area contributed by atoms with E-state index in [4.69, 9.17) is 5.73 Å². The zero-order valence-electron chi connectivity index (χ0n) is 12.1. The van der Waals surface area contributed by atoms with Gasteiger partial charge in [-0.2, -0.15) is 0 Å². The third kappa shape index (κ3) is 4.63. The van der Waals surface area contributed by atoms with Gasteiger partial charge in [0.25, 0.3) is 0 Å². The summed E-state index contributed by atoms with van der Waals surface area (Å²) in [5, 5.41) is 3.73. The highest BCUT2D eigenvalue weighted by molar-refractivity contribution is 5.19. The summed E-state index contributed by atoms with van der Waals surface area (Å²) in [6.45, 7) is 3.28. The number of benzene rings is 1. The van der Waals surface area contributed by atoms with Crippen molar-refractivity contribution in [1.82, 2.24) is 5.32 Å². The first-order valence-corrected chi connectivity index (χ1v) is 7.81. The van der Waals surface area contributed by atoms with Crippen molar-refractivity contribution >= 4 is 0 Å². The molecule has 0 aliphatic heterocycles. The minimum absolute atomic E-state index is 0.138. The maximum absolute atomic E-state index is 6.34. The zero-order chi connectivity index (χ0) is 13.5. The molecule has 0 amide bonds. The number of hydrogen-bond donors (Lipinski definition) is 2. The first-order valence-electron chi connectivity index (χ1n) is 7.81. The van der Waals surface area contributed by atoms with Crippen LogP contribution >= 0.6 is 0 Å². The van der Waals surface area contributed by atoms with Gasteiger partial charge in [-0.1, -0.05) is 62.9 Å². The largest absolute Gasteiger partial charge is 0.324 e. The molecule has 0 aromatic heterocycles. The molecule has 1 fully saturated rings. The van der Waals surface area contributed by atoms with E-state index < -0.39 is 0 Å². The highest BCUT2D eigenvalue weighted by atomic mass is 14.9. The van der Waals surface area contributed by atoms with Gasteiger partial charge >= 0.3 is 0 Å². The van der Waals surface area contributed by atoms with E-state index in [0.29, 0.717) is 12.0 Å². The van der Waals surface area contributed by atoms with Crippen LogP contribution in [0.15, 0.2) is 30.3 Å². The van der Waals surface area contributed by atoms with Crippen LogP contribution in [0.3, 0.4) is 0 Å². The second-order valence-electron chi connectivity index (χ2n) is 6.01. The Bertz CT molecular complexity index is 342. The Kier molecular flexibility index (Phi) is 5.87. The first kappa shape index (κ1) is 14.5. The van der Waals surface area contributed by atoms with Crippen LogP contribution in [-0.4, -0.2) is 12.6 Å². The van der Waals surface area contributed by atoms with Crippen molar-refractivity contribution in [3.63, 3.8) is 0 Å². The van der Waals surface area contributed by atoms with E-state index >= 15 is 0 Å². The van der Waals surface area contributed by atoms with Gasteiger partial charge in [0.2, 0.25) is 0 Å². The molecule has 2 heteroatoms. The first-order chi connectivity index (χ1) is 9.27. The molecule has 2 atom stereocenters. The number of nitrogens with two attached hydrogens (primary N) is 1. The quantitative estimate of drug-likeness (QED) is 0.793. The van der Waals surface area contributed by atoms with Gasteiger partial charge in [0.15, 0.2) is 0 Å². The van der Waals surface area contributed by atoms with Crippen molar-refractivity contribution in [2.24, 2.45) is 11.7 Å². The summed E-state index contributed by atoms with van der Waals surface area (Å²) in [6.07, 6.45) is 8.28. The fraction of sp³-hybridized carbons (Fsp3) is 0.647. The summed E-state index contributed by atoms with van der Waals surface area (Å²) in [7, 11) is 0. The lowest BCUT2D eigenvalue weighted by Crippen LogP contribution is -2.35. The highest BCUT2D eigenvalue weighted by Crippen LogP contribution is 2.20. The lowest BCUT2D eigenvalue weighted by atomic mass is 9.95. The second-order valence-corrected chi connectivity index (χ2v) is 6.01. The molecular formula is C17H28N2. The summed E-state index contributed by atoms with van der Waals surface area (Å²) < 4.78 is 0. The average molecular weight is 260 g/mol. The Labute approximate surface area is 117 Å². The fourth-order valence-electron chi connectivity index (χ4n) is 2.97. The van der Waals surface area contributed by atoms with Crippen LogP contribution in [0.1, 0.15) is 57.1 Å². The fourth-order valence-corrected chi connectivity index (χ4v) is 2.97. The standard InChI is InChI=1S/C17H28N2/c1-14(17(18)15-9-5-4-6-10-15)13-19-16-11-7-2-3-8-12-16/h4-6,9-10,14,16-17,19H,2-3,7-8,11-13,18H2,1H3. The SMILES string of the molecule is CC(CNC1CCCCCC1)C(N)c1ccccc1. The zero-order valence-corrected chi connectivity index (χ0v) is 12.1. The van der Waals surface area contributed by atoms with Gasteiger partial charge in [-0.3, -0.25) is 0 Å². The van der Waals surface area contributed by atoms with Crippen molar-refractivity contribution in [1.29, 1.82) is 0 Å². The monoisotopic (exact) mass is 260 g/mol. The summed E-state index contributed by atoms with van der Waals surface area (Å²) >= 11 is 0. The number of rotatable bonds is 5. The Morgan fingerprint density at radius 2 is 1.74 bits per heavy atom. The Morgan fingerprint density at radius 1 is 1.11 bits per heavy atom. The van der Waals surface area contributed by atoms with Crippen molar-refractivity contribution in [2.75, 3.05) is 6.54 Å². The Hall–Kier alpha value is -0.860. The van der Waals surface area contributed by atoms with Crippen LogP contribution in [0, 0.1) is 5.92 Å². The molecule has 1 aromatic rings. The van der Waals surface area contributed by atoms with Gasteiger partial charge in [-0.15, -0.1) is 0 Å². The van der Waals surface area contributed by atoms with Gasteiger partial charge in [0, 0.05) is 12.1 Å². The predicted octanol–water partition coefficient (Wildman–Crippen LogP) is 3.63. The van der Waals surface area contributed by atoms with Crippen LogP contribution in [0.2, 0.25) is 0 Å². The molecule has 2 unspecified atom stereocenters. The van der Waals surface area contributed by atoms with Gasteiger partial charge in [-0.05, 0) is 30.9 Å². The number of nitrogens with one attached hydrogen (secondary N) is 1. The van der Waals surface area contributed by atoms with Gasteiger partial charge in [0.1, 0.15) is 0 Å². The van der Waals surface area contributed by atoms with Gasteiger partial charge < -0.3 is 11.1 Å². The third-order valence-corrected chi connectivity index (χ3v) is 4.38. The molecular weight excluding hydrogens is 232 g/mol. The molecule has 0 saturated heterocycles. The van der Waals surface area contributed by atoms with E-state index in [1.54, 1.807) is 0 Å². The van der Waals surface area contributed by atoms with E-state index in [9.17, 15) is 0 Å². The second kappa shape index (κ2) is 7.66. The minimum atomic E-state index is 0.138. The predicted molar refractivity (Wildman–Crippen MR) is 82.0 cm³/mol. The molecule has 1 aliphatic carbocycles. The summed E-state index contributed by atoms with van der Waals surface area (Å²) in [5.74, 6) is 0.477. The molecule has 1 aliphatic rings. The molecule has 0 radical (unpaired) electrons. The van der Waals surface area contributed by atoms with E-state index in [2.05, 4.69) is 36.5 Å². The van der Waals surface area contributed by atoms with Gasteiger partial charge in [-0.25, -0.2) is 0 Å². The molecule has 3 N–H and O–H groups in total. The summed E-state index contributed by atoms with van der Waals surface area (Å²) in [6, 6.07) is 11.3. The van der Waals surface area contributed by atoms with Gasteiger partial charge in [0.05, 0.1) is 0 Å². The Balaban J connectivity index is 1.78. The molecule has 0 bridgehead atoms. The van der Waals surface area contributed by atoms with E-state index in [1.807, 2.05) is 6.07 Å². The van der Waals surface area contributed by atoms with Crippen LogP contribution in [-0.2, 0) is 0 Å². The van der Waals surface area contributed by atoms with E-state index in [-0.39, 0.29) is 6.04 Å². The van der Waals surface area contributed by atoms with Crippen LogP contribution in [0.5, 0.6) is 0 Å². The third-order valence-electron chi connectivity index (χ3n) is 4.38. The topological polar surface area (TPSA) is 38.0 Å². The molecule has 19 heavy (non-hydrogen) atoms. The molecule has 0 heterocycles. The van der Waals surface area contributed by atoms with Crippen molar-refractivity contribution < 1.29 is 0 Å². The average Bonchev–Trinajstić information content (AvgIpc) is 2.73. The normalized spacial score (nSPS) is 20.7. The molecule has 2 rings (SSSR count). The minimum Gasteiger partial charge on any atom is -0.324 e. The maximum Gasteiger partial charge on any atom is 0.0333 e. The highest BCUT2D eigenvalue weighted by Gasteiger charge is 2.17. The number of hydrogen-bond acceptors (Lipinski definition) is 2. The Morgan fingerprint density at radius 3 is 2.37 bits per heavy atom.